The lowest BCUT2D eigenvalue weighted by molar-refractivity contribution is -0.117. The summed E-state index contributed by atoms with van der Waals surface area (Å²) in [5.74, 6) is 2.30. The summed E-state index contributed by atoms with van der Waals surface area (Å²) < 4.78 is 15.9. The van der Waals surface area contributed by atoms with Crippen molar-refractivity contribution in [3.63, 3.8) is 0 Å². The van der Waals surface area contributed by atoms with Gasteiger partial charge in [0.05, 0.1) is 21.3 Å². The van der Waals surface area contributed by atoms with E-state index >= 15 is 0 Å². The van der Waals surface area contributed by atoms with Gasteiger partial charge in [0.25, 0.3) is 0 Å². The Kier molecular flexibility index (Phi) is 8.16. The third-order valence-corrected chi connectivity index (χ3v) is 3.72. The predicted molar refractivity (Wildman–Crippen MR) is 96.8 cm³/mol. The third kappa shape index (κ3) is 6.14. The van der Waals surface area contributed by atoms with Gasteiger partial charge in [-0.15, -0.1) is 0 Å². The molecule has 1 aromatic carbocycles. The lowest BCUT2D eigenvalue weighted by atomic mass is 10.0. The summed E-state index contributed by atoms with van der Waals surface area (Å²) in [6.07, 6.45) is 5.28. The minimum absolute atomic E-state index is 0.122. The number of nitrogens with one attached hydrogen (secondary N) is 1. The summed E-state index contributed by atoms with van der Waals surface area (Å²) in [6.45, 7) is 6.38. The van der Waals surface area contributed by atoms with E-state index in [1.165, 1.54) is 6.08 Å². The second kappa shape index (κ2) is 9.85. The Balaban J connectivity index is 2.80. The average Bonchev–Trinajstić information content (AvgIpc) is 2.57. The van der Waals surface area contributed by atoms with Crippen LogP contribution in [-0.4, -0.2) is 33.3 Å². The predicted octanol–water partition coefficient (Wildman–Crippen LogP) is 3.67. The maximum atomic E-state index is 12.1. The minimum Gasteiger partial charge on any atom is -0.496 e. The maximum absolute atomic E-state index is 12.1. The van der Waals surface area contributed by atoms with Crippen molar-refractivity contribution in [3.8, 4) is 17.2 Å². The van der Waals surface area contributed by atoms with Crippen LogP contribution in [0.1, 0.15) is 39.2 Å². The van der Waals surface area contributed by atoms with Crippen molar-refractivity contribution in [1.29, 1.82) is 0 Å². The zero-order valence-corrected chi connectivity index (χ0v) is 15.5. The fraction of sp³-hybridized carbons (Fsp3) is 0.526. The van der Waals surface area contributed by atoms with Gasteiger partial charge in [0.1, 0.15) is 5.75 Å². The molecular formula is C19H29NO4. The van der Waals surface area contributed by atoms with Gasteiger partial charge < -0.3 is 19.5 Å². The Labute approximate surface area is 145 Å². The van der Waals surface area contributed by atoms with Gasteiger partial charge in [-0.1, -0.05) is 13.8 Å². The molecule has 24 heavy (non-hydrogen) atoms. The van der Waals surface area contributed by atoms with E-state index in [1.54, 1.807) is 39.5 Å². The summed E-state index contributed by atoms with van der Waals surface area (Å²) in [6, 6.07) is 3.67. The summed E-state index contributed by atoms with van der Waals surface area (Å²) >= 11 is 0. The van der Waals surface area contributed by atoms with Crippen LogP contribution < -0.4 is 19.5 Å². The lowest BCUT2D eigenvalue weighted by Gasteiger charge is -2.14. The highest BCUT2D eigenvalue weighted by Crippen LogP contribution is 2.35. The number of amides is 1. The molecule has 1 rings (SSSR count). The molecular weight excluding hydrogens is 306 g/mol. The quantitative estimate of drug-likeness (QED) is 0.700. The van der Waals surface area contributed by atoms with Crippen molar-refractivity contribution in [2.24, 2.45) is 5.92 Å². The van der Waals surface area contributed by atoms with Crippen LogP contribution in [0, 0.1) is 5.92 Å². The summed E-state index contributed by atoms with van der Waals surface area (Å²) in [5.41, 5.74) is 0.750. The second-order valence-electron chi connectivity index (χ2n) is 6.16. The number of carbonyl (C=O) groups excluding carboxylic acids is 1. The zero-order valence-electron chi connectivity index (χ0n) is 15.5. The molecule has 0 aliphatic carbocycles. The molecule has 1 amide bonds. The van der Waals surface area contributed by atoms with E-state index in [2.05, 4.69) is 19.2 Å². The maximum Gasteiger partial charge on any atom is 0.244 e. The minimum atomic E-state index is -0.122. The van der Waals surface area contributed by atoms with Crippen LogP contribution in [-0.2, 0) is 4.79 Å². The number of hydrogen-bond donors (Lipinski definition) is 1. The first kappa shape index (κ1) is 19.9. The van der Waals surface area contributed by atoms with E-state index < -0.39 is 0 Å². The van der Waals surface area contributed by atoms with Crippen molar-refractivity contribution in [2.75, 3.05) is 21.3 Å². The van der Waals surface area contributed by atoms with Crippen molar-refractivity contribution >= 4 is 12.0 Å². The molecule has 0 spiro atoms. The summed E-state index contributed by atoms with van der Waals surface area (Å²) in [4.78, 5) is 12.1. The molecule has 0 radical (unpaired) electrons. The van der Waals surface area contributed by atoms with Gasteiger partial charge in [0.15, 0.2) is 11.5 Å². The highest BCUT2D eigenvalue weighted by Gasteiger charge is 2.11. The molecule has 1 aromatic rings. The van der Waals surface area contributed by atoms with Gasteiger partial charge in [0.2, 0.25) is 5.91 Å². The molecule has 1 unspecified atom stereocenters. The van der Waals surface area contributed by atoms with E-state index in [4.69, 9.17) is 14.2 Å². The molecule has 0 saturated carbocycles. The van der Waals surface area contributed by atoms with Crippen LogP contribution in [0.5, 0.6) is 17.2 Å². The van der Waals surface area contributed by atoms with Gasteiger partial charge in [-0.25, -0.2) is 0 Å². The van der Waals surface area contributed by atoms with Gasteiger partial charge in [0, 0.05) is 23.7 Å². The van der Waals surface area contributed by atoms with E-state index in [-0.39, 0.29) is 11.9 Å². The lowest BCUT2D eigenvalue weighted by Crippen LogP contribution is -2.31. The molecule has 5 heteroatoms. The number of methoxy groups -OCH3 is 3. The fourth-order valence-corrected chi connectivity index (χ4v) is 2.30. The van der Waals surface area contributed by atoms with Crippen molar-refractivity contribution < 1.29 is 19.0 Å². The summed E-state index contributed by atoms with van der Waals surface area (Å²) in [7, 11) is 4.71. The Morgan fingerprint density at radius 1 is 1.00 bits per heavy atom. The van der Waals surface area contributed by atoms with E-state index in [9.17, 15) is 4.79 Å². The van der Waals surface area contributed by atoms with Crippen LogP contribution in [0.3, 0.4) is 0 Å². The molecule has 0 aliphatic rings. The van der Waals surface area contributed by atoms with Crippen molar-refractivity contribution in [1.82, 2.24) is 5.32 Å². The van der Waals surface area contributed by atoms with Crippen LogP contribution in [0.2, 0.25) is 0 Å². The Morgan fingerprint density at radius 3 is 2.12 bits per heavy atom. The number of rotatable bonds is 9. The molecule has 0 bridgehead atoms. The average molecular weight is 335 g/mol. The number of ether oxygens (including phenoxy) is 3. The van der Waals surface area contributed by atoms with Crippen LogP contribution in [0.15, 0.2) is 18.2 Å². The number of hydrogen-bond acceptors (Lipinski definition) is 4. The van der Waals surface area contributed by atoms with Gasteiger partial charge in [-0.3, -0.25) is 4.79 Å². The zero-order chi connectivity index (χ0) is 18.1. The standard InChI is InChI=1S/C19H29NO4/c1-13(2)7-8-14(3)20-19(21)10-9-15-11-17(23-5)18(24-6)12-16(15)22-4/h9-14H,7-8H2,1-6H3,(H,20,21)/b10-9+. The highest BCUT2D eigenvalue weighted by molar-refractivity contribution is 5.92. The van der Waals surface area contributed by atoms with Crippen molar-refractivity contribution in [2.45, 2.75) is 39.7 Å². The normalized spacial score (nSPS) is 12.3. The van der Waals surface area contributed by atoms with Crippen LogP contribution in [0.4, 0.5) is 0 Å². The van der Waals surface area contributed by atoms with Crippen molar-refractivity contribution in [3.05, 3.63) is 23.8 Å². The topological polar surface area (TPSA) is 56.8 Å². The number of benzene rings is 1. The van der Waals surface area contributed by atoms with Gasteiger partial charge in [-0.05, 0) is 37.8 Å². The van der Waals surface area contributed by atoms with Crippen LogP contribution in [0.25, 0.3) is 6.08 Å². The van der Waals surface area contributed by atoms with E-state index in [0.29, 0.717) is 23.2 Å². The molecule has 5 nitrogen and oxygen atoms in total. The molecule has 0 saturated heterocycles. The molecule has 0 fully saturated rings. The van der Waals surface area contributed by atoms with Gasteiger partial charge >= 0.3 is 0 Å². The first-order valence-electron chi connectivity index (χ1n) is 8.19. The Morgan fingerprint density at radius 2 is 1.58 bits per heavy atom. The monoisotopic (exact) mass is 335 g/mol. The first-order chi connectivity index (χ1) is 11.4. The molecule has 1 atom stereocenters. The SMILES string of the molecule is COc1cc(OC)c(OC)cc1/C=C/C(=O)NC(C)CCC(C)C. The van der Waals surface area contributed by atoms with Gasteiger partial charge in [-0.2, -0.15) is 0 Å². The third-order valence-electron chi connectivity index (χ3n) is 3.72. The Hall–Kier alpha value is -2.17. The molecule has 134 valence electrons. The molecule has 1 N–H and O–H groups in total. The summed E-state index contributed by atoms with van der Waals surface area (Å²) in [5, 5.41) is 2.97. The molecule has 0 heterocycles. The van der Waals surface area contributed by atoms with E-state index in [0.717, 1.165) is 18.4 Å². The van der Waals surface area contributed by atoms with Crippen LogP contribution >= 0.6 is 0 Å². The second-order valence-corrected chi connectivity index (χ2v) is 6.16. The Bertz CT molecular complexity index is 567. The smallest absolute Gasteiger partial charge is 0.244 e. The molecule has 0 aromatic heterocycles. The largest absolute Gasteiger partial charge is 0.496 e. The number of carbonyl (C=O) groups is 1. The van der Waals surface area contributed by atoms with E-state index in [1.807, 2.05) is 6.92 Å². The molecule has 0 aliphatic heterocycles. The first-order valence-corrected chi connectivity index (χ1v) is 8.19. The fourth-order valence-electron chi connectivity index (χ4n) is 2.30. The highest BCUT2D eigenvalue weighted by atomic mass is 16.5.